The molecule has 3 N–H and O–H groups in total. The van der Waals surface area contributed by atoms with E-state index in [4.69, 9.17) is 5.73 Å². The normalized spacial score (nSPS) is 22.2. The van der Waals surface area contributed by atoms with Gasteiger partial charge in [0.2, 0.25) is 0 Å². The van der Waals surface area contributed by atoms with E-state index in [1.807, 2.05) is 6.92 Å². The van der Waals surface area contributed by atoms with Gasteiger partial charge in [-0.05, 0) is 30.9 Å². The standard InChI is InChI=1S/C14H22N2O/c1-11(17)6-8-16-9-7-12-4-2-3-5-13(12)14(16)10-15/h2-5,11,14,17H,6-10,15H2,1H3. The molecule has 2 unspecified atom stereocenters. The molecule has 17 heavy (non-hydrogen) atoms. The van der Waals surface area contributed by atoms with E-state index in [-0.39, 0.29) is 6.10 Å². The van der Waals surface area contributed by atoms with Gasteiger partial charge in [0, 0.05) is 25.7 Å². The smallest absolute Gasteiger partial charge is 0.0524 e. The minimum atomic E-state index is -0.231. The third-order valence-electron chi connectivity index (χ3n) is 3.58. The summed E-state index contributed by atoms with van der Waals surface area (Å²) in [7, 11) is 0. The molecule has 94 valence electrons. The van der Waals surface area contributed by atoms with Crippen LogP contribution in [0.15, 0.2) is 24.3 Å². The van der Waals surface area contributed by atoms with Crippen molar-refractivity contribution >= 4 is 0 Å². The predicted octanol–water partition coefficient (Wildman–Crippen LogP) is 1.32. The maximum atomic E-state index is 9.38. The van der Waals surface area contributed by atoms with Crippen molar-refractivity contribution in [3.05, 3.63) is 35.4 Å². The molecule has 1 heterocycles. The van der Waals surface area contributed by atoms with Gasteiger partial charge in [0.25, 0.3) is 0 Å². The van der Waals surface area contributed by atoms with Crippen molar-refractivity contribution in [2.75, 3.05) is 19.6 Å². The molecule has 3 heteroatoms. The highest BCUT2D eigenvalue weighted by Gasteiger charge is 2.25. The SMILES string of the molecule is CC(O)CCN1CCc2ccccc2C1CN. The van der Waals surface area contributed by atoms with Gasteiger partial charge in [0.05, 0.1) is 6.10 Å². The first-order chi connectivity index (χ1) is 8.22. The molecular formula is C14H22N2O. The molecule has 0 bridgehead atoms. The molecule has 0 radical (unpaired) electrons. The lowest BCUT2D eigenvalue weighted by atomic mass is 9.92. The number of aliphatic hydroxyl groups is 1. The molecule has 0 amide bonds. The maximum absolute atomic E-state index is 9.38. The summed E-state index contributed by atoms with van der Waals surface area (Å²) in [5.41, 5.74) is 8.71. The van der Waals surface area contributed by atoms with Gasteiger partial charge in [-0.3, -0.25) is 4.90 Å². The van der Waals surface area contributed by atoms with E-state index < -0.39 is 0 Å². The summed E-state index contributed by atoms with van der Waals surface area (Å²) < 4.78 is 0. The third kappa shape index (κ3) is 2.86. The molecule has 0 aromatic heterocycles. The van der Waals surface area contributed by atoms with Crippen LogP contribution in [0.4, 0.5) is 0 Å². The third-order valence-corrected chi connectivity index (χ3v) is 3.58. The van der Waals surface area contributed by atoms with E-state index in [0.29, 0.717) is 12.6 Å². The van der Waals surface area contributed by atoms with Crippen molar-refractivity contribution in [3.8, 4) is 0 Å². The highest BCUT2D eigenvalue weighted by molar-refractivity contribution is 5.32. The molecule has 0 saturated heterocycles. The predicted molar refractivity (Wildman–Crippen MR) is 69.8 cm³/mol. The van der Waals surface area contributed by atoms with E-state index >= 15 is 0 Å². The van der Waals surface area contributed by atoms with Gasteiger partial charge >= 0.3 is 0 Å². The van der Waals surface area contributed by atoms with E-state index in [1.165, 1.54) is 11.1 Å². The van der Waals surface area contributed by atoms with Crippen LogP contribution in [0.25, 0.3) is 0 Å². The van der Waals surface area contributed by atoms with Crippen molar-refractivity contribution in [3.63, 3.8) is 0 Å². The number of rotatable bonds is 4. The molecule has 2 rings (SSSR count). The van der Waals surface area contributed by atoms with Gasteiger partial charge in [-0.1, -0.05) is 24.3 Å². The average molecular weight is 234 g/mol. The molecule has 0 saturated carbocycles. The van der Waals surface area contributed by atoms with Crippen LogP contribution in [0.3, 0.4) is 0 Å². The maximum Gasteiger partial charge on any atom is 0.0524 e. The van der Waals surface area contributed by atoms with E-state index in [1.54, 1.807) is 0 Å². The largest absolute Gasteiger partial charge is 0.393 e. The topological polar surface area (TPSA) is 49.5 Å². The quantitative estimate of drug-likeness (QED) is 0.826. The van der Waals surface area contributed by atoms with Gasteiger partial charge in [0.1, 0.15) is 0 Å². The first-order valence-electron chi connectivity index (χ1n) is 6.42. The average Bonchev–Trinajstić information content (AvgIpc) is 2.35. The molecule has 0 spiro atoms. The molecule has 3 nitrogen and oxygen atoms in total. The lowest BCUT2D eigenvalue weighted by Gasteiger charge is -2.37. The van der Waals surface area contributed by atoms with Gasteiger partial charge < -0.3 is 10.8 Å². The lowest BCUT2D eigenvalue weighted by molar-refractivity contribution is 0.130. The number of nitrogens with two attached hydrogens (primary N) is 1. The molecular weight excluding hydrogens is 212 g/mol. The van der Waals surface area contributed by atoms with Crippen LogP contribution in [0.2, 0.25) is 0 Å². The molecule has 1 aliphatic heterocycles. The summed E-state index contributed by atoms with van der Waals surface area (Å²) in [6.45, 7) is 4.46. The number of fused-ring (bicyclic) bond motifs is 1. The Morgan fingerprint density at radius 3 is 2.94 bits per heavy atom. The molecule has 0 fully saturated rings. The van der Waals surface area contributed by atoms with Gasteiger partial charge in [-0.15, -0.1) is 0 Å². The summed E-state index contributed by atoms with van der Waals surface area (Å²) in [5.74, 6) is 0. The second kappa shape index (κ2) is 5.63. The summed E-state index contributed by atoms with van der Waals surface area (Å²) in [4.78, 5) is 2.40. The van der Waals surface area contributed by atoms with E-state index in [0.717, 1.165) is 25.9 Å². The Kier molecular flexibility index (Phi) is 4.15. The minimum absolute atomic E-state index is 0.231. The first kappa shape index (κ1) is 12.6. The number of benzene rings is 1. The fourth-order valence-electron chi connectivity index (χ4n) is 2.60. The van der Waals surface area contributed by atoms with E-state index in [9.17, 15) is 5.11 Å². The Bertz CT molecular complexity index is 365. The van der Waals surface area contributed by atoms with Crippen LogP contribution in [0, 0.1) is 0 Å². The summed E-state index contributed by atoms with van der Waals surface area (Å²) in [6.07, 6.45) is 1.68. The van der Waals surface area contributed by atoms with Crippen LogP contribution in [-0.2, 0) is 6.42 Å². The number of aliphatic hydroxyl groups excluding tert-OH is 1. The van der Waals surface area contributed by atoms with Crippen molar-refractivity contribution in [1.29, 1.82) is 0 Å². The summed E-state index contributed by atoms with van der Waals surface area (Å²) in [5, 5.41) is 9.38. The van der Waals surface area contributed by atoms with Gasteiger partial charge in [-0.25, -0.2) is 0 Å². The first-order valence-corrected chi connectivity index (χ1v) is 6.42. The second-order valence-electron chi connectivity index (χ2n) is 4.87. The van der Waals surface area contributed by atoms with Crippen LogP contribution in [-0.4, -0.2) is 35.7 Å². The van der Waals surface area contributed by atoms with Crippen molar-refractivity contribution in [2.24, 2.45) is 5.73 Å². The van der Waals surface area contributed by atoms with Gasteiger partial charge in [-0.2, -0.15) is 0 Å². The molecule has 1 aliphatic rings. The van der Waals surface area contributed by atoms with Crippen molar-refractivity contribution in [1.82, 2.24) is 4.90 Å². The van der Waals surface area contributed by atoms with E-state index in [2.05, 4.69) is 29.2 Å². The summed E-state index contributed by atoms with van der Waals surface area (Å²) in [6, 6.07) is 8.88. The van der Waals surface area contributed by atoms with Crippen LogP contribution in [0.5, 0.6) is 0 Å². The zero-order valence-corrected chi connectivity index (χ0v) is 10.5. The Morgan fingerprint density at radius 2 is 2.24 bits per heavy atom. The van der Waals surface area contributed by atoms with Crippen molar-refractivity contribution < 1.29 is 5.11 Å². The van der Waals surface area contributed by atoms with Crippen LogP contribution >= 0.6 is 0 Å². The number of hydrogen-bond donors (Lipinski definition) is 2. The zero-order chi connectivity index (χ0) is 12.3. The molecule has 1 aromatic carbocycles. The highest BCUT2D eigenvalue weighted by atomic mass is 16.3. The second-order valence-corrected chi connectivity index (χ2v) is 4.87. The molecule has 1 aromatic rings. The fourth-order valence-corrected chi connectivity index (χ4v) is 2.60. The zero-order valence-electron chi connectivity index (χ0n) is 10.5. The van der Waals surface area contributed by atoms with Gasteiger partial charge in [0.15, 0.2) is 0 Å². The Hall–Kier alpha value is -0.900. The monoisotopic (exact) mass is 234 g/mol. The fraction of sp³-hybridized carbons (Fsp3) is 0.571. The van der Waals surface area contributed by atoms with Crippen LogP contribution in [0.1, 0.15) is 30.5 Å². The van der Waals surface area contributed by atoms with Crippen LogP contribution < -0.4 is 5.73 Å². The lowest BCUT2D eigenvalue weighted by Crippen LogP contribution is -2.40. The Morgan fingerprint density at radius 1 is 1.47 bits per heavy atom. The Labute approximate surface area is 103 Å². The number of hydrogen-bond acceptors (Lipinski definition) is 3. The summed E-state index contributed by atoms with van der Waals surface area (Å²) >= 11 is 0. The number of nitrogens with zero attached hydrogens (tertiary/aromatic N) is 1. The minimum Gasteiger partial charge on any atom is -0.393 e. The molecule has 0 aliphatic carbocycles. The highest BCUT2D eigenvalue weighted by Crippen LogP contribution is 2.28. The van der Waals surface area contributed by atoms with Crippen molar-refractivity contribution in [2.45, 2.75) is 31.9 Å². The molecule has 2 atom stereocenters. The Balaban J connectivity index is 2.12.